The number of amides is 1. The van der Waals surface area contributed by atoms with Gasteiger partial charge in [0, 0.05) is 18.5 Å². The number of carbonyl (C=O) groups is 1. The fraction of sp³-hybridized carbons (Fsp3) is 0.205. The molecule has 1 aliphatic heterocycles. The lowest BCUT2D eigenvalue weighted by atomic mass is 9.76. The van der Waals surface area contributed by atoms with Gasteiger partial charge >= 0.3 is 0 Å². The van der Waals surface area contributed by atoms with Crippen molar-refractivity contribution < 1.29 is 9.18 Å². The average molecular weight is 646 g/mol. The predicted octanol–water partition coefficient (Wildman–Crippen LogP) is 8.13. The van der Waals surface area contributed by atoms with Gasteiger partial charge in [0.1, 0.15) is 5.82 Å². The number of alkyl halides is 1. The summed E-state index contributed by atoms with van der Waals surface area (Å²) in [5.74, 6) is -0.190. The summed E-state index contributed by atoms with van der Waals surface area (Å²) < 4.78 is 14.9. The standard InChI is InChI=1S/C39H34BrFN2O/c40-25-37(44)43-33(24-36-34-19-11-10-12-27(34)22-28-20-21-32(41)23-35(28)38(36)43)26-42-39(29-13-4-1-5-14-29,30-15-6-2-7-16-30)31-17-8-3-9-18-31/h1-21,23,33,36,38,42H,22,24-26H2/t33-,36-,38-/m1/s1. The van der Waals surface area contributed by atoms with Gasteiger partial charge in [-0.3, -0.25) is 10.1 Å². The van der Waals surface area contributed by atoms with E-state index in [2.05, 4.69) is 118 Å². The van der Waals surface area contributed by atoms with Gasteiger partial charge in [0.25, 0.3) is 0 Å². The first-order valence-corrected chi connectivity index (χ1v) is 16.4. The van der Waals surface area contributed by atoms with Crippen LogP contribution >= 0.6 is 15.9 Å². The molecule has 3 atom stereocenters. The molecule has 5 aromatic carbocycles. The van der Waals surface area contributed by atoms with Crippen LogP contribution < -0.4 is 5.32 Å². The molecule has 5 aromatic rings. The van der Waals surface area contributed by atoms with Gasteiger partial charge in [-0.15, -0.1) is 0 Å². The smallest absolute Gasteiger partial charge is 0.234 e. The van der Waals surface area contributed by atoms with Crippen molar-refractivity contribution >= 4 is 21.8 Å². The SMILES string of the molecule is O=C(CBr)N1[C@@H](CNC(c2ccccc2)(c2ccccc2)c2ccccc2)C[C@@H]2c3ccccc3Cc3ccc(F)cc3[C@H]21. The Bertz CT molecular complexity index is 1670. The summed E-state index contributed by atoms with van der Waals surface area (Å²) in [5, 5.41) is 4.24. The van der Waals surface area contributed by atoms with E-state index in [4.69, 9.17) is 0 Å². The molecule has 1 aliphatic carbocycles. The van der Waals surface area contributed by atoms with Crippen molar-refractivity contribution in [3.05, 3.63) is 178 Å². The van der Waals surface area contributed by atoms with Gasteiger partial charge in [0.15, 0.2) is 0 Å². The molecule has 1 fully saturated rings. The maximum absolute atomic E-state index is 14.9. The van der Waals surface area contributed by atoms with E-state index in [-0.39, 0.29) is 35.1 Å². The third-order valence-electron chi connectivity index (χ3n) is 9.49. The highest BCUT2D eigenvalue weighted by molar-refractivity contribution is 9.09. The predicted molar refractivity (Wildman–Crippen MR) is 177 cm³/mol. The number of benzene rings is 5. The Balaban J connectivity index is 1.36. The molecule has 5 heteroatoms. The Morgan fingerprint density at radius 1 is 0.750 bits per heavy atom. The van der Waals surface area contributed by atoms with Crippen molar-refractivity contribution in [1.82, 2.24) is 10.2 Å². The summed E-state index contributed by atoms with van der Waals surface area (Å²) in [6.45, 7) is 0.553. The fourth-order valence-corrected chi connectivity index (χ4v) is 7.92. The number of halogens is 2. The number of hydrogen-bond donors (Lipinski definition) is 1. The maximum atomic E-state index is 14.9. The van der Waals surface area contributed by atoms with E-state index >= 15 is 0 Å². The van der Waals surface area contributed by atoms with Crippen molar-refractivity contribution in [1.29, 1.82) is 0 Å². The van der Waals surface area contributed by atoms with Gasteiger partial charge in [0.2, 0.25) is 5.91 Å². The highest BCUT2D eigenvalue weighted by Gasteiger charge is 2.48. The summed E-state index contributed by atoms with van der Waals surface area (Å²) in [6.07, 6.45) is 1.51. The molecule has 1 heterocycles. The zero-order valence-electron chi connectivity index (χ0n) is 24.4. The zero-order valence-corrected chi connectivity index (χ0v) is 26.0. The maximum Gasteiger partial charge on any atom is 0.234 e. The monoisotopic (exact) mass is 644 g/mol. The van der Waals surface area contributed by atoms with Gasteiger partial charge in [-0.05, 0) is 63.9 Å². The number of hydrogen-bond acceptors (Lipinski definition) is 2. The van der Waals surface area contributed by atoms with Crippen LogP contribution in [0, 0.1) is 5.82 Å². The Morgan fingerprint density at radius 3 is 1.89 bits per heavy atom. The van der Waals surface area contributed by atoms with Crippen molar-refractivity contribution in [2.24, 2.45) is 0 Å². The third-order valence-corrected chi connectivity index (χ3v) is 9.97. The molecule has 3 nitrogen and oxygen atoms in total. The second-order valence-electron chi connectivity index (χ2n) is 11.8. The number of carbonyl (C=O) groups excluding carboxylic acids is 1. The van der Waals surface area contributed by atoms with E-state index in [1.165, 1.54) is 11.1 Å². The highest BCUT2D eigenvalue weighted by Crippen LogP contribution is 2.51. The third kappa shape index (κ3) is 4.98. The van der Waals surface area contributed by atoms with E-state index in [1.807, 2.05) is 29.2 Å². The van der Waals surface area contributed by atoms with Crippen LogP contribution in [0.1, 0.15) is 57.3 Å². The minimum Gasteiger partial charge on any atom is -0.330 e. The first-order valence-electron chi connectivity index (χ1n) is 15.2. The Hall–Kier alpha value is -4.06. The minimum absolute atomic E-state index is 0.0172. The van der Waals surface area contributed by atoms with Crippen LogP contribution in [-0.2, 0) is 16.8 Å². The van der Waals surface area contributed by atoms with E-state index in [1.54, 1.807) is 12.1 Å². The zero-order chi connectivity index (χ0) is 30.1. The minimum atomic E-state index is -0.653. The number of nitrogens with one attached hydrogen (secondary N) is 1. The lowest BCUT2D eigenvalue weighted by molar-refractivity contribution is -0.131. The molecule has 0 bridgehead atoms. The largest absolute Gasteiger partial charge is 0.330 e. The van der Waals surface area contributed by atoms with Crippen molar-refractivity contribution in [3.63, 3.8) is 0 Å². The molecule has 7 rings (SSSR count). The second-order valence-corrected chi connectivity index (χ2v) is 12.4. The quantitative estimate of drug-likeness (QED) is 0.143. The molecule has 0 unspecified atom stereocenters. The fourth-order valence-electron chi connectivity index (χ4n) is 7.64. The molecule has 1 N–H and O–H groups in total. The lowest BCUT2D eigenvalue weighted by Gasteiger charge is -2.39. The number of likely N-dealkylation sites (tertiary alicyclic amines) is 1. The molecule has 1 amide bonds. The number of fused-ring (bicyclic) bond motifs is 5. The van der Waals surface area contributed by atoms with Crippen LogP contribution in [0.2, 0.25) is 0 Å². The van der Waals surface area contributed by atoms with Gasteiger partial charge < -0.3 is 4.90 Å². The summed E-state index contributed by atoms with van der Waals surface area (Å²) in [4.78, 5) is 15.9. The number of rotatable bonds is 7. The second kappa shape index (κ2) is 12.1. The van der Waals surface area contributed by atoms with Gasteiger partial charge in [-0.1, -0.05) is 137 Å². The van der Waals surface area contributed by atoms with Gasteiger partial charge in [-0.2, -0.15) is 0 Å². The number of nitrogens with zero attached hydrogens (tertiary/aromatic N) is 1. The highest BCUT2D eigenvalue weighted by atomic mass is 79.9. The van der Waals surface area contributed by atoms with Crippen LogP contribution in [0.5, 0.6) is 0 Å². The molecule has 0 saturated carbocycles. The molecule has 0 radical (unpaired) electrons. The summed E-state index contributed by atoms with van der Waals surface area (Å²) in [6, 6.07) is 44.9. The first-order chi connectivity index (χ1) is 21.6. The van der Waals surface area contributed by atoms with Crippen LogP contribution in [0.4, 0.5) is 4.39 Å². The first kappa shape index (κ1) is 28.7. The van der Waals surface area contributed by atoms with Gasteiger partial charge in [0.05, 0.1) is 16.9 Å². The summed E-state index contributed by atoms with van der Waals surface area (Å²) in [7, 11) is 0. The molecule has 2 aliphatic rings. The van der Waals surface area contributed by atoms with Crippen LogP contribution in [0.15, 0.2) is 133 Å². The van der Waals surface area contributed by atoms with Crippen molar-refractivity contribution in [3.8, 4) is 0 Å². The molecule has 1 saturated heterocycles. The molecular formula is C39H34BrFN2O. The van der Waals surface area contributed by atoms with Crippen molar-refractivity contribution in [2.75, 3.05) is 11.9 Å². The molecule has 0 aromatic heterocycles. The van der Waals surface area contributed by atoms with Crippen LogP contribution in [-0.4, -0.2) is 28.7 Å². The van der Waals surface area contributed by atoms with Gasteiger partial charge in [-0.25, -0.2) is 4.39 Å². The topological polar surface area (TPSA) is 32.3 Å². The Morgan fingerprint density at radius 2 is 1.30 bits per heavy atom. The summed E-state index contributed by atoms with van der Waals surface area (Å²) >= 11 is 3.49. The van der Waals surface area contributed by atoms with E-state index in [0.29, 0.717) is 6.54 Å². The van der Waals surface area contributed by atoms with E-state index in [0.717, 1.165) is 40.7 Å². The Labute approximate surface area is 266 Å². The van der Waals surface area contributed by atoms with Crippen molar-refractivity contribution in [2.45, 2.75) is 36.4 Å². The Kier molecular flexibility index (Phi) is 7.92. The van der Waals surface area contributed by atoms with Crippen LogP contribution in [0.25, 0.3) is 0 Å². The molecule has 220 valence electrons. The lowest BCUT2D eigenvalue weighted by Crippen LogP contribution is -2.51. The normalized spacial score (nSPS) is 19.0. The summed E-state index contributed by atoms with van der Waals surface area (Å²) in [5.41, 5.74) is 7.23. The van der Waals surface area contributed by atoms with E-state index in [9.17, 15) is 9.18 Å². The molecule has 44 heavy (non-hydrogen) atoms. The molecular weight excluding hydrogens is 611 g/mol. The van der Waals surface area contributed by atoms with E-state index < -0.39 is 5.54 Å². The van der Waals surface area contributed by atoms with Crippen LogP contribution in [0.3, 0.4) is 0 Å². The average Bonchev–Trinajstić information content (AvgIpc) is 3.40. The molecule has 0 spiro atoms.